The van der Waals surface area contributed by atoms with Crippen molar-refractivity contribution in [2.24, 2.45) is 0 Å². The van der Waals surface area contributed by atoms with Gasteiger partial charge in [-0.05, 0) is 150 Å². The van der Waals surface area contributed by atoms with Crippen LogP contribution < -0.4 is 9.80 Å². The van der Waals surface area contributed by atoms with Gasteiger partial charge < -0.3 is 14.4 Å². The zero-order valence-electron chi connectivity index (χ0n) is 42.9. The largest absolute Gasteiger partial charge is 0.310 e. The molecule has 2 heterocycles. The first kappa shape index (κ1) is 46.7. The average molecular weight is 988 g/mol. The van der Waals surface area contributed by atoms with Crippen molar-refractivity contribution in [2.75, 3.05) is 9.80 Å². The van der Waals surface area contributed by atoms with Gasteiger partial charge in [-0.15, -0.1) is 0 Å². The number of fused-ring (bicyclic) bond motifs is 3. The Morgan fingerprint density at radius 2 is 0.597 bits per heavy atom. The van der Waals surface area contributed by atoms with E-state index in [2.05, 4.69) is 277 Å². The van der Waals surface area contributed by atoms with Gasteiger partial charge in [0.1, 0.15) is 0 Å². The van der Waals surface area contributed by atoms with Crippen LogP contribution in [0.1, 0.15) is 11.1 Å². The fraction of sp³-hybridized carbons (Fsp3) is 0.0278. The van der Waals surface area contributed by atoms with Crippen molar-refractivity contribution in [1.29, 1.82) is 0 Å². The van der Waals surface area contributed by atoms with Gasteiger partial charge >= 0.3 is 0 Å². The Balaban J connectivity index is 0.872. The lowest BCUT2D eigenvalue weighted by Crippen LogP contribution is -2.09. The predicted molar refractivity (Wildman–Crippen MR) is 322 cm³/mol. The number of aryl methyl sites for hydroxylation is 2. The van der Waals surface area contributed by atoms with E-state index in [-0.39, 0.29) is 0 Å². The second kappa shape index (κ2) is 20.3. The van der Waals surface area contributed by atoms with E-state index in [0.717, 1.165) is 84.4 Å². The van der Waals surface area contributed by atoms with E-state index in [0.29, 0.717) is 5.82 Å². The lowest BCUT2D eigenvalue weighted by Gasteiger charge is -2.26. The van der Waals surface area contributed by atoms with Crippen LogP contribution in [0.2, 0.25) is 0 Å². The van der Waals surface area contributed by atoms with Crippen LogP contribution in [0.4, 0.5) is 34.1 Å². The van der Waals surface area contributed by atoms with Crippen molar-refractivity contribution in [3.8, 4) is 61.8 Å². The first-order valence-corrected chi connectivity index (χ1v) is 26.2. The van der Waals surface area contributed by atoms with Crippen molar-refractivity contribution >= 4 is 55.9 Å². The number of anilines is 6. The van der Waals surface area contributed by atoms with Crippen LogP contribution in [0.15, 0.2) is 285 Å². The highest BCUT2D eigenvalue weighted by Crippen LogP contribution is 2.44. The van der Waals surface area contributed by atoms with E-state index >= 15 is 0 Å². The Hall–Kier alpha value is -10.1. The second-order valence-electron chi connectivity index (χ2n) is 19.6. The molecule has 0 aliphatic heterocycles. The normalized spacial score (nSPS) is 11.2. The van der Waals surface area contributed by atoms with Crippen LogP contribution >= 0.6 is 0 Å². The number of aromatic nitrogens is 3. The summed E-state index contributed by atoms with van der Waals surface area (Å²) in [6.07, 6.45) is 0. The van der Waals surface area contributed by atoms with Gasteiger partial charge in [0.2, 0.25) is 0 Å². The van der Waals surface area contributed by atoms with Gasteiger partial charge in [0.15, 0.2) is 5.82 Å². The summed E-state index contributed by atoms with van der Waals surface area (Å²) in [7, 11) is 0. The topological polar surface area (TPSA) is 37.2 Å². The quantitative estimate of drug-likeness (QED) is 0.122. The third kappa shape index (κ3) is 9.11. The van der Waals surface area contributed by atoms with Crippen molar-refractivity contribution in [3.63, 3.8) is 0 Å². The maximum absolute atomic E-state index is 5.06. The smallest absolute Gasteiger partial charge is 0.160 e. The lowest BCUT2D eigenvalue weighted by molar-refractivity contribution is 1.12. The Bertz CT molecular complexity index is 3880. The fourth-order valence-corrected chi connectivity index (χ4v) is 11.0. The third-order valence-corrected chi connectivity index (χ3v) is 14.6. The molecule has 2 aromatic heterocycles. The molecule has 0 aliphatic carbocycles. The SMILES string of the molecule is Cc1cc(-c2ccc(-c3ccc(-c4cc(-c5ccccc5)nc(-c5ccccc5)n4)cc3)cc2)cc(C)c1-n1c2ccc(N(c3ccccc3)c3ccccc3)cc2c2cc(N(c3ccccc3)c3ccccc3)ccc21. The Morgan fingerprint density at radius 3 is 0.987 bits per heavy atom. The molecule has 0 bridgehead atoms. The summed E-state index contributed by atoms with van der Waals surface area (Å²) >= 11 is 0. The van der Waals surface area contributed by atoms with Crippen LogP contribution in [0.3, 0.4) is 0 Å². The summed E-state index contributed by atoms with van der Waals surface area (Å²) in [5.41, 5.74) is 22.0. The van der Waals surface area contributed by atoms with Crippen LogP contribution in [0, 0.1) is 13.8 Å². The summed E-state index contributed by atoms with van der Waals surface area (Å²) < 4.78 is 2.48. The summed E-state index contributed by atoms with van der Waals surface area (Å²) in [5.74, 6) is 0.711. The minimum atomic E-state index is 0.711. The molecule has 0 spiro atoms. The molecule has 0 saturated heterocycles. The summed E-state index contributed by atoms with van der Waals surface area (Å²) in [6, 6.07) is 102. The third-order valence-electron chi connectivity index (χ3n) is 14.6. The molecular formula is C72H53N5. The standard InChI is InChI=1S/C72H53N5/c1-50-45-58(54-35-33-52(34-36-54)53-37-39-56(40-38-53)68-49-67(55-21-9-3-10-22-55)73-72(74-68)57-23-11-4-12-24-57)46-51(2)71(50)77-69-43-41-63(75(59-25-13-5-14-26-59)60-27-15-6-16-28-60)47-65(69)66-48-64(42-44-70(66)77)76(61-29-17-7-18-30-61)62-31-19-8-20-32-62/h3-49H,1-2H3. The zero-order chi connectivity index (χ0) is 51.7. The molecule has 0 radical (unpaired) electrons. The number of hydrogen-bond acceptors (Lipinski definition) is 4. The van der Waals surface area contributed by atoms with Crippen LogP contribution in [-0.4, -0.2) is 14.5 Å². The lowest BCUT2D eigenvalue weighted by atomic mass is 9.96. The zero-order valence-corrected chi connectivity index (χ0v) is 42.9. The van der Waals surface area contributed by atoms with Crippen LogP contribution in [0.5, 0.6) is 0 Å². The number of para-hydroxylation sites is 4. The molecule has 5 nitrogen and oxygen atoms in total. The van der Waals surface area contributed by atoms with Gasteiger partial charge in [-0.25, -0.2) is 9.97 Å². The van der Waals surface area contributed by atoms with Gasteiger partial charge in [0.25, 0.3) is 0 Å². The van der Waals surface area contributed by atoms with Gasteiger partial charge in [-0.2, -0.15) is 0 Å². The molecule has 0 saturated carbocycles. The summed E-state index contributed by atoms with van der Waals surface area (Å²) in [4.78, 5) is 14.7. The van der Waals surface area contributed by atoms with Crippen molar-refractivity contribution in [1.82, 2.24) is 14.5 Å². The van der Waals surface area contributed by atoms with E-state index < -0.39 is 0 Å². The van der Waals surface area contributed by atoms with E-state index in [4.69, 9.17) is 9.97 Å². The van der Waals surface area contributed by atoms with Gasteiger partial charge in [-0.1, -0.05) is 182 Å². The van der Waals surface area contributed by atoms with Crippen LogP contribution in [-0.2, 0) is 0 Å². The van der Waals surface area contributed by atoms with Crippen molar-refractivity contribution < 1.29 is 0 Å². The number of hydrogen-bond donors (Lipinski definition) is 0. The first-order valence-electron chi connectivity index (χ1n) is 26.2. The molecule has 0 amide bonds. The molecule has 13 rings (SSSR count). The number of nitrogens with zero attached hydrogens (tertiary/aromatic N) is 5. The summed E-state index contributed by atoms with van der Waals surface area (Å²) in [6.45, 7) is 4.51. The van der Waals surface area contributed by atoms with E-state index in [9.17, 15) is 0 Å². The minimum absolute atomic E-state index is 0.711. The predicted octanol–water partition coefficient (Wildman–Crippen LogP) is 19.5. The highest BCUT2D eigenvalue weighted by molar-refractivity contribution is 6.12. The van der Waals surface area contributed by atoms with Crippen molar-refractivity contribution in [2.45, 2.75) is 13.8 Å². The first-order chi connectivity index (χ1) is 38.0. The van der Waals surface area contributed by atoms with Gasteiger partial charge in [-0.3, -0.25) is 0 Å². The number of rotatable bonds is 12. The molecule has 366 valence electrons. The molecule has 0 fully saturated rings. The van der Waals surface area contributed by atoms with Gasteiger partial charge in [0, 0.05) is 61.6 Å². The van der Waals surface area contributed by atoms with E-state index in [1.54, 1.807) is 0 Å². The highest BCUT2D eigenvalue weighted by Gasteiger charge is 2.22. The maximum Gasteiger partial charge on any atom is 0.160 e. The average Bonchev–Trinajstić information content (AvgIpc) is 3.81. The van der Waals surface area contributed by atoms with Gasteiger partial charge in [0.05, 0.1) is 28.1 Å². The monoisotopic (exact) mass is 987 g/mol. The Kier molecular flexibility index (Phi) is 12.3. The molecule has 0 aliphatic rings. The van der Waals surface area contributed by atoms with Crippen LogP contribution in [0.25, 0.3) is 83.6 Å². The molecule has 0 unspecified atom stereocenters. The van der Waals surface area contributed by atoms with E-state index in [1.165, 1.54) is 38.7 Å². The molecule has 0 atom stereocenters. The minimum Gasteiger partial charge on any atom is -0.310 e. The Labute approximate surface area is 449 Å². The molecule has 13 aromatic rings. The van der Waals surface area contributed by atoms with E-state index in [1.807, 2.05) is 36.4 Å². The molecule has 77 heavy (non-hydrogen) atoms. The fourth-order valence-electron chi connectivity index (χ4n) is 11.0. The second-order valence-corrected chi connectivity index (χ2v) is 19.6. The summed E-state index contributed by atoms with van der Waals surface area (Å²) in [5, 5.41) is 2.35. The maximum atomic E-state index is 5.06. The van der Waals surface area contributed by atoms with Crippen molar-refractivity contribution in [3.05, 3.63) is 296 Å². The molecule has 5 heteroatoms. The molecule has 11 aromatic carbocycles. The molecule has 0 N–H and O–H groups in total. The molecular weight excluding hydrogens is 935 g/mol. The highest BCUT2D eigenvalue weighted by atomic mass is 15.1. The Morgan fingerprint density at radius 1 is 0.273 bits per heavy atom. The number of benzene rings is 11.